The summed E-state index contributed by atoms with van der Waals surface area (Å²) in [5.74, 6) is -1.96. The zero-order chi connectivity index (χ0) is 14.9. The summed E-state index contributed by atoms with van der Waals surface area (Å²) in [7, 11) is 0. The number of piperidine rings is 1. The molecule has 2 rings (SSSR count). The summed E-state index contributed by atoms with van der Waals surface area (Å²) < 4.78 is 13.6. The second-order valence-electron chi connectivity index (χ2n) is 4.61. The molecule has 6 nitrogen and oxygen atoms in total. The number of nitro groups is 1. The van der Waals surface area contributed by atoms with Crippen molar-refractivity contribution in [2.45, 2.75) is 12.8 Å². The first kappa shape index (κ1) is 14.7. The highest BCUT2D eigenvalue weighted by Crippen LogP contribution is 2.35. The Kier molecular flexibility index (Phi) is 4.22. The summed E-state index contributed by atoms with van der Waals surface area (Å²) in [6.07, 6.45) is 0.836. The van der Waals surface area contributed by atoms with E-state index in [1.165, 1.54) is 6.07 Å². The fourth-order valence-electron chi connectivity index (χ4n) is 2.29. The molecule has 1 fully saturated rings. The maximum atomic E-state index is 13.4. The molecule has 1 aliphatic heterocycles. The van der Waals surface area contributed by atoms with Crippen LogP contribution in [0.5, 0.6) is 0 Å². The number of anilines is 1. The van der Waals surface area contributed by atoms with Crippen LogP contribution in [0.1, 0.15) is 12.8 Å². The largest absolute Gasteiger partial charge is 0.481 e. The van der Waals surface area contributed by atoms with E-state index in [0.717, 1.165) is 6.07 Å². The predicted molar refractivity (Wildman–Crippen MR) is 73.3 cm³/mol. The van der Waals surface area contributed by atoms with Crippen molar-refractivity contribution in [2.75, 3.05) is 18.0 Å². The third-order valence-electron chi connectivity index (χ3n) is 3.40. The molecular weight excluding hydrogens is 335 g/mol. The van der Waals surface area contributed by atoms with Crippen molar-refractivity contribution in [3.63, 3.8) is 0 Å². The fraction of sp³-hybridized carbons (Fsp3) is 0.417. The van der Waals surface area contributed by atoms with Gasteiger partial charge < -0.3 is 10.0 Å². The number of carboxylic acid groups (broad SMARTS) is 1. The van der Waals surface area contributed by atoms with Crippen LogP contribution in [-0.4, -0.2) is 29.1 Å². The van der Waals surface area contributed by atoms with Crippen LogP contribution < -0.4 is 4.90 Å². The molecule has 1 aliphatic rings. The molecule has 1 saturated heterocycles. The van der Waals surface area contributed by atoms with Gasteiger partial charge in [0.05, 0.1) is 21.4 Å². The van der Waals surface area contributed by atoms with Gasteiger partial charge in [0.2, 0.25) is 0 Å². The smallest absolute Gasteiger partial charge is 0.306 e. The molecule has 0 saturated carbocycles. The predicted octanol–water partition coefficient (Wildman–Crippen LogP) is 2.80. The van der Waals surface area contributed by atoms with Gasteiger partial charge >= 0.3 is 5.97 Å². The lowest BCUT2D eigenvalue weighted by Crippen LogP contribution is -2.36. The van der Waals surface area contributed by atoms with E-state index in [0.29, 0.717) is 31.6 Å². The van der Waals surface area contributed by atoms with Crippen LogP contribution in [0.3, 0.4) is 0 Å². The number of hydrogen-bond donors (Lipinski definition) is 1. The van der Waals surface area contributed by atoms with Crippen molar-refractivity contribution >= 4 is 33.3 Å². The molecule has 108 valence electrons. The van der Waals surface area contributed by atoms with E-state index in [4.69, 9.17) is 5.11 Å². The molecule has 0 bridgehead atoms. The van der Waals surface area contributed by atoms with Crippen LogP contribution in [0, 0.1) is 21.8 Å². The van der Waals surface area contributed by atoms with Gasteiger partial charge in [-0.2, -0.15) is 0 Å². The Bertz CT molecular complexity index is 559. The quantitative estimate of drug-likeness (QED) is 0.671. The molecule has 0 atom stereocenters. The van der Waals surface area contributed by atoms with Crippen molar-refractivity contribution in [2.24, 2.45) is 5.92 Å². The van der Waals surface area contributed by atoms with Gasteiger partial charge in [0, 0.05) is 13.1 Å². The second kappa shape index (κ2) is 5.74. The number of halogens is 2. The molecule has 8 heteroatoms. The van der Waals surface area contributed by atoms with Gasteiger partial charge in [-0.05, 0) is 34.8 Å². The normalized spacial score (nSPS) is 16.2. The molecule has 1 N–H and O–H groups in total. The molecule has 0 amide bonds. The summed E-state index contributed by atoms with van der Waals surface area (Å²) in [6, 6.07) is 2.25. The first-order valence-corrected chi connectivity index (χ1v) is 6.80. The van der Waals surface area contributed by atoms with Gasteiger partial charge in [0.15, 0.2) is 0 Å². The Balaban J connectivity index is 2.27. The monoisotopic (exact) mass is 346 g/mol. The van der Waals surface area contributed by atoms with Crippen molar-refractivity contribution in [1.82, 2.24) is 0 Å². The molecule has 1 aromatic carbocycles. The molecule has 0 spiro atoms. The number of rotatable bonds is 3. The third kappa shape index (κ3) is 2.90. The zero-order valence-electron chi connectivity index (χ0n) is 10.4. The zero-order valence-corrected chi connectivity index (χ0v) is 12.0. The lowest BCUT2D eigenvalue weighted by molar-refractivity contribution is -0.384. The highest BCUT2D eigenvalue weighted by atomic mass is 79.9. The van der Waals surface area contributed by atoms with E-state index in [-0.39, 0.29) is 10.2 Å². The van der Waals surface area contributed by atoms with Crippen molar-refractivity contribution in [3.05, 3.63) is 32.5 Å². The van der Waals surface area contributed by atoms with Crippen molar-refractivity contribution in [1.29, 1.82) is 0 Å². The van der Waals surface area contributed by atoms with E-state index in [1.807, 2.05) is 0 Å². The molecule has 0 radical (unpaired) electrons. The maximum absolute atomic E-state index is 13.4. The van der Waals surface area contributed by atoms with Gasteiger partial charge in [-0.15, -0.1) is 0 Å². The molecule has 20 heavy (non-hydrogen) atoms. The SMILES string of the molecule is O=C(O)C1CCN(c2cc(Br)c(F)cc2[N+](=O)[O-])CC1. The van der Waals surface area contributed by atoms with E-state index in [2.05, 4.69) is 15.9 Å². The lowest BCUT2D eigenvalue weighted by atomic mass is 9.96. The first-order valence-electron chi connectivity index (χ1n) is 6.01. The summed E-state index contributed by atoms with van der Waals surface area (Å²) >= 11 is 3.01. The molecule has 0 aliphatic carbocycles. The number of nitro benzene ring substituents is 1. The Morgan fingerprint density at radius 1 is 1.45 bits per heavy atom. The van der Waals surface area contributed by atoms with Crippen LogP contribution in [0.4, 0.5) is 15.8 Å². The van der Waals surface area contributed by atoms with Gasteiger partial charge in [-0.1, -0.05) is 0 Å². The van der Waals surface area contributed by atoms with Crippen LogP contribution >= 0.6 is 15.9 Å². The Morgan fingerprint density at radius 3 is 2.55 bits per heavy atom. The highest BCUT2D eigenvalue weighted by Gasteiger charge is 2.29. The minimum absolute atomic E-state index is 0.151. The number of hydrogen-bond acceptors (Lipinski definition) is 4. The molecule has 1 aromatic rings. The number of aliphatic carboxylic acids is 1. The van der Waals surface area contributed by atoms with E-state index >= 15 is 0 Å². The number of carboxylic acids is 1. The third-order valence-corrected chi connectivity index (χ3v) is 4.01. The molecular formula is C12H12BrFN2O4. The molecule has 1 heterocycles. The standard InChI is InChI=1S/C12H12BrFN2O4/c13-8-5-10(11(16(19)20)6-9(8)14)15-3-1-7(2-4-15)12(17)18/h5-7H,1-4H2,(H,17,18). The van der Waals surface area contributed by atoms with E-state index in [9.17, 15) is 19.3 Å². The molecule has 0 unspecified atom stereocenters. The molecule has 0 aromatic heterocycles. The van der Waals surface area contributed by atoms with Gasteiger partial charge in [0.1, 0.15) is 11.5 Å². The van der Waals surface area contributed by atoms with Gasteiger partial charge in [-0.25, -0.2) is 4.39 Å². The van der Waals surface area contributed by atoms with Crippen molar-refractivity contribution in [3.8, 4) is 0 Å². The minimum atomic E-state index is -0.848. The van der Waals surface area contributed by atoms with Crippen LogP contribution in [0.15, 0.2) is 16.6 Å². The van der Waals surface area contributed by atoms with Crippen LogP contribution in [-0.2, 0) is 4.79 Å². The Morgan fingerprint density at radius 2 is 2.05 bits per heavy atom. The number of benzene rings is 1. The van der Waals surface area contributed by atoms with Crippen LogP contribution in [0.2, 0.25) is 0 Å². The lowest BCUT2D eigenvalue weighted by Gasteiger charge is -2.31. The Labute approximate surface area is 122 Å². The fourth-order valence-corrected chi connectivity index (χ4v) is 2.62. The first-order chi connectivity index (χ1) is 9.40. The van der Waals surface area contributed by atoms with Gasteiger partial charge in [0.25, 0.3) is 5.69 Å². The average Bonchev–Trinajstić information content (AvgIpc) is 2.41. The summed E-state index contributed by atoms with van der Waals surface area (Å²) in [6.45, 7) is 0.797. The number of carbonyl (C=O) groups is 1. The van der Waals surface area contributed by atoms with Crippen molar-refractivity contribution < 1.29 is 19.2 Å². The maximum Gasteiger partial charge on any atom is 0.306 e. The van der Waals surface area contributed by atoms with E-state index in [1.54, 1.807) is 4.90 Å². The second-order valence-corrected chi connectivity index (χ2v) is 5.47. The van der Waals surface area contributed by atoms with E-state index < -0.39 is 22.6 Å². The topological polar surface area (TPSA) is 83.7 Å². The minimum Gasteiger partial charge on any atom is -0.481 e. The number of nitrogens with zero attached hydrogens (tertiary/aromatic N) is 2. The van der Waals surface area contributed by atoms with Gasteiger partial charge in [-0.3, -0.25) is 14.9 Å². The highest BCUT2D eigenvalue weighted by molar-refractivity contribution is 9.10. The average molecular weight is 347 g/mol. The Hall–Kier alpha value is -1.70. The van der Waals surface area contributed by atoms with Crippen LogP contribution in [0.25, 0.3) is 0 Å². The summed E-state index contributed by atoms with van der Waals surface area (Å²) in [5, 5.41) is 19.9. The summed E-state index contributed by atoms with van der Waals surface area (Å²) in [4.78, 5) is 23.0. The summed E-state index contributed by atoms with van der Waals surface area (Å²) in [5.41, 5.74) is 0.00610.